The van der Waals surface area contributed by atoms with E-state index < -0.39 is 0 Å². The highest BCUT2D eigenvalue weighted by Gasteiger charge is 2.21. The van der Waals surface area contributed by atoms with Gasteiger partial charge in [0.1, 0.15) is 0 Å². The van der Waals surface area contributed by atoms with Crippen molar-refractivity contribution in [2.45, 2.75) is 6.54 Å². The van der Waals surface area contributed by atoms with E-state index in [0.29, 0.717) is 6.54 Å². The monoisotopic (exact) mass is 379 g/mol. The number of carbonyl (C=O) groups is 1. The van der Waals surface area contributed by atoms with Crippen molar-refractivity contribution in [3.05, 3.63) is 66.2 Å². The lowest BCUT2D eigenvalue weighted by Gasteiger charge is -2.36. The lowest BCUT2D eigenvalue weighted by molar-refractivity contribution is -0.130. The molecular formula is C22H29N5O. The third-order valence-corrected chi connectivity index (χ3v) is 4.83. The fourth-order valence-corrected chi connectivity index (χ4v) is 3.22. The van der Waals surface area contributed by atoms with E-state index >= 15 is 0 Å². The largest absolute Gasteiger partial charge is 0.368 e. The number of anilines is 1. The van der Waals surface area contributed by atoms with Gasteiger partial charge in [-0.25, -0.2) is 4.99 Å². The SMILES string of the molecule is CN(C)C(=NCc1ccccc1)NCC(=O)N1CCN(c2ccccc2)CC1. The molecule has 1 heterocycles. The summed E-state index contributed by atoms with van der Waals surface area (Å²) in [4.78, 5) is 23.4. The topological polar surface area (TPSA) is 51.2 Å². The number of hydrogen-bond donors (Lipinski definition) is 1. The number of benzene rings is 2. The number of amides is 1. The average Bonchev–Trinajstić information content (AvgIpc) is 2.75. The Morgan fingerprint density at radius 3 is 2.18 bits per heavy atom. The molecule has 0 aliphatic carbocycles. The van der Waals surface area contributed by atoms with Crippen molar-refractivity contribution in [2.24, 2.45) is 4.99 Å². The number of rotatable bonds is 5. The summed E-state index contributed by atoms with van der Waals surface area (Å²) in [7, 11) is 3.86. The van der Waals surface area contributed by atoms with Crippen LogP contribution < -0.4 is 10.2 Å². The summed E-state index contributed by atoms with van der Waals surface area (Å²) in [5.74, 6) is 0.835. The molecule has 0 atom stereocenters. The maximum atomic E-state index is 12.6. The van der Waals surface area contributed by atoms with E-state index in [1.165, 1.54) is 5.69 Å². The Labute approximate surface area is 167 Å². The molecule has 0 spiro atoms. The molecule has 1 N–H and O–H groups in total. The summed E-state index contributed by atoms with van der Waals surface area (Å²) >= 11 is 0. The van der Waals surface area contributed by atoms with Gasteiger partial charge in [-0.3, -0.25) is 4.79 Å². The Balaban J connectivity index is 1.48. The van der Waals surface area contributed by atoms with Crippen molar-refractivity contribution < 1.29 is 4.79 Å². The van der Waals surface area contributed by atoms with Crippen LogP contribution in [-0.2, 0) is 11.3 Å². The van der Waals surface area contributed by atoms with Crippen molar-refractivity contribution in [2.75, 3.05) is 51.7 Å². The molecule has 28 heavy (non-hydrogen) atoms. The van der Waals surface area contributed by atoms with Crippen LogP contribution in [0.15, 0.2) is 65.7 Å². The molecule has 148 valence electrons. The van der Waals surface area contributed by atoms with Gasteiger partial charge in [0.05, 0.1) is 13.1 Å². The second-order valence-electron chi connectivity index (χ2n) is 7.08. The van der Waals surface area contributed by atoms with Gasteiger partial charge in [-0.2, -0.15) is 0 Å². The Morgan fingerprint density at radius 2 is 1.57 bits per heavy atom. The number of nitrogens with one attached hydrogen (secondary N) is 1. The fourth-order valence-electron chi connectivity index (χ4n) is 3.22. The van der Waals surface area contributed by atoms with E-state index in [2.05, 4.69) is 27.3 Å². The van der Waals surface area contributed by atoms with E-state index in [4.69, 9.17) is 0 Å². The molecular weight excluding hydrogens is 350 g/mol. The molecule has 0 bridgehead atoms. The van der Waals surface area contributed by atoms with Crippen LogP contribution in [-0.4, -0.2) is 68.5 Å². The number of para-hydroxylation sites is 1. The van der Waals surface area contributed by atoms with Gasteiger partial charge in [-0.15, -0.1) is 0 Å². The molecule has 1 aliphatic heterocycles. The second kappa shape index (κ2) is 9.78. The Morgan fingerprint density at radius 1 is 0.964 bits per heavy atom. The van der Waals surface area contributed by atoms with Gasteiger partial charge in [-0.1, -0.05) is 48.5 Å². The number of carbonyl (C=O) groups excluding carboxylic acids is 1. The van der Waals surface area contributed by atoms with Gasteiger partial charge in [0, 0.05) is 46.0 Å². The summed E-state index contributed by atoms with van der Waals surface area (Å²) in [5.41, 5.74) is 2.36. The first-order valence-corrected chi connectivity index (χ1v) is 9.71. The van der Waals surface area contributed by atoms with Crippen molar-refractivity contribution in [3.63, 3.8) is 0 Å². The van der Waals surface area contributed by atoms with Gasteiger partial charge < -0.3 is 20.0 Å². The van der Waals surface area contributed by atoms with Crippen LogP contribution in [0, 0.1) is 0 Å². The smallest absolute Gasteiger partial charge is 0.242 e. The minimum absolute atomic E-state index is 0.113. The van der Waals surface area contributed by atoms with Crippen LogP contribution in [0.1, 0.15) is 5.56 Å². The summed E-state index contributed by atoms with van der Waals surface area (Å²) in [6.45, 7) is 4.06. The summed E-state index contributed by atoms with van der Waals surface area (Å²) in [6, 6.07) is 20.5. The van der Waals surface area contributed by atoms with Crippen LogP contribution >= 0.6 is 0 Å². The molecule has 0 radical (unpaired) electrons. The molecule has 2 aromatic rings. The van der Waals surface area contributed by atoms with Crippen molar-refractivity contribution in [1.29, 1.82) is 0 Å². The first-order valence-electron chi connectivity index (χ1n) is 9.71. The molecule has 1 fully saturated rings. The minimum atomic E-state index is 0.113. The number of piperazine rings is 1. The quantitative estimate of drug-likeness (QED) is 0.638. The second-order valence-corrected chi connectivity index (χ2v) is 7.08. The molecule has 1 amide bonds. The van der Waals surface area contributed by atoms with Crippen LogP contribution in [0.2, 0.25) is 0 Å². The van der Waals surface area contributed by atoms with Crippen LogP contribution in [0.3, 0.4) is 0 Å². The number of guanidine groups is 1. The molecule has 1 aliphatic rings. The molecule has 6 nitrogen and oxygen atoms in total. The zero-order valence-corrected chi connectivity index (χ0v) is 16.7. The van der Waals surface area contributed by atoms with E-state index in [1.807, 2.05) is 72.4 Å². The maximum Gasteiger partial charge on any atom is 0.242 e. The molecule has 2 aromatic carbocycles. The van der Waals surface area contributed by atoms with Gasteiger partial charge in [0.25, 0.3) is 0 Å². The van der Waals surface area contributed by atoms with Gasteiger partial charge in [0.2, 0.25) is 5.91 Å². The van der Waals surface area contributed by atoms with Gasteiger partial charge >= 0.3 is 0 Å². The zero-order chi connectivity index (χ0) is 19.8. The molecule has 3 rings (SSSR count). The molecule has 0 unspecified atom stereocenters. The zero-order valence-electron chi connectivity index (χ0n) is 16.7. The summed E-state index contributed by atoms with van der Waals surface area (Å²) in [5, 5.41) is 3.20. The third kappa shape index (κ3) is 5.49. The highest BCUT2D eigenvalue weighted by Crippen LogP contribution is 2.15. The number of nitrogens with zero attached hydrogens (tertiary/aromatic N) is 4. The fraction of sp³-hybridized carbons (Fsp3) is 0.364. The lowest BCUT2D eigenvalue weighted by atomic mass is 10.2. The van der Waals surface area contributed by atoms with E-state index in [1.54, 1.807) is 0 Å². The molecule has 1 saturated heterocycles. The van der Waals surface area contributed by atoms with Crippen molar-refractivity contribution >= 4 is 17.6 Å². The molecule has 6 heteroatoms. The normalized spacial score (nSPS) is 14.7. The predicted molar refractivity (Wildman–Crippen MR) is 115 cm³/mol. The van der Waals surface area contributed by atoms with Gasteiger partial charge in [-0.05, 0) is 17.7 Å². The summed E-state index contributed by atoms with van der Waals surface area (Å²) < 4.78 is 0. The lowest BCUT2D eigenvalue weighted by Crippen LogP contribution is -2.52. The Hall–Kier alpha value is -3.02. The predicted octanol–water partition coefficient (Wildman–Crippen LogP) is 2.04. The first-order chi connectivity index (χ1) is 13.6. The first kappa shape index (κ1) is 19.7. The number of hydrogen-bond acceptors (Lipinski definition) is 3. The molecule has 0 aromatic heterocycles. The van der Waals surface area contributed by atoms with Crippen molar-refractivity contribution in [1.82, 2.24) is 15.1 Å². The number of aliphatic imine (C=N–C) groups is 1. The summed E-state index contributed by atoms with van der Waals surface area (Å²) in [6.07, 6.45) is 0. The highest BCUT2D eigenvalue weighted by molar-refractivity contribution is 5.86. The van der Waals surface area contributed by atoms with Crippen LogP contribution in [0.25, 0.3) is 0 Å². The Kier molecular flexibility index (Phi) is 6.89. The van der Waals surface area contributed by atoms with E-state index in [0.717, 1.165) is 37.7 Å². The van der Waals surface area contributed by atoms with E-state index in [-0.39, 0.29) is 12.5 Å². The Bertz CT molecular complexity index is 768. The van der Waals surface area contributed by atoms with E-state index in [9.17, 15) is 4.79 Å². The van der Waals surface area contributed by atoms with Crippen molar-refractivity contribution in [3.8, 4) is 0 Å². The van der Waals surface area contributed by atoms with Gasteiger partial charge in [0.15, 0.2) is 5.96 Å². The standard InChI is InChI=1S/C22H29N5O/c1-25(2)22(23-17-19-9-5-3-6-10-19)24-18-21(28)27-15-13-26(14-16-27)20-11-7-4-8-12-20/h3-12H,13-18H2,1-2H3,(H,23,24). The van der Waals surface area contributed by atoms with Crippen LogP contribution in [0.5, 0.6) is 0 Å². The average molecular weight is 380 g/mol. The third-order valence-electron chi connectivity index (χ3n) is 4.83. The highest BCUT2D eigenvalue weighted by atomic mass is 16.2. The maximum absolute atomic E-state index is 12.6. The van der Waals surface area contributed by atoms with Crippen LogP contribution in [0.4, 0.5) is 5.69 Å². The molecule has 0 saturated carbocycles. The minimum Gasteiger partial charge on any atom is -0.368 e.